The highest BCUT2D eigenvalue weighted by atomic mass is 14.7. The summed E-state index contributed by atoms with van der Waals surface area (Å²) in [6.07, 6.45) is 2.97. The van der Waals surface area contributed by atoms with Crippen molar-refractivity contribution in [1.29, 1.82) is 0 Å². The third-order valence-corrected chi connectivity index (χ3v) is 2.08. The molecule has 0 saturated heterocycles. The smallest absolute Gasteiger partial charge is 0.0489 e. The van der Waals surface area contributed by atoms with E-state index in [1.54, 1.807) is 0 Å². The van der Waals surface area contributed by atoms with Crippen molar-refractivity contribution < 1.29 is 0 Å². The van der Waals surface area contributed by atoms with Crippen LogP contribution in [0.4, 0.5) is 0 Å². The molecule has 2 heterocycles. The zero-order valence-corrected chi connectivity index (χ0v) is 7.39. The van der Waals surface area contributed by atoms with Gasteiger partial charge in [-0.2, -0.15) is 0 Å². The monoisotopic (exact) mass is 160 g/mol. The van der Waals surface area contributed by atoms with Crippen LogP contribution in [-0.4, -0.2) is 9.97 Å². The molecular weight excluding hydrogens is 148 g/mol. The maximum atomic E-state index is 4.23. The number of aromatic amines is 1. The Morgan fingerprint density at radius 3 is 3.00 bits per heavy atom. The number of H-pyrrole nitrogens is 1. The molecule has 0 unspecified atom stereocenters. The molecule has 2 rings (SSSR count). The number of rotatable bonds is 1. The van der Waals surface area contributed by atoms with Gasteiger partial charge in [0, 0.05) is 28.5 Å². The average Bonchev–Trinajstić information content (AvgIpc) is 2.46. The molecule has 62 valence electrons. The van der Waals surface area contributed by atoms with Crippen LogP contribution in [0.25, 0.3) is 10.9 Å². The molecule has 1 N–H and O–H groups in total. The van der Waals surface area contributed by atoms with Crippen LogP contribution in [0, 0.1) is 6.92 Å². The number of pyridine rings is 1. The Kier molecular flexibility index (Phi) is 1.61. The van der Waals surface area contributed by atoms with E-state index in [4.69, 9.17) is 0 Å². The molecule has 0 aromatic carbocycles. The van der Waals surface area contributed by atoms with Crippen LogP contribution in [-0.2, 0) is 6.42 Å². The van der Waals surface area contributed by atoms with Crippen LogP contribution in [0.5, 0.6) is 0 Å². The lowest BCUT2D eigenvalue weighted by Gasteiger charge is -1.90. The lowest BCUT2D eigenvalue weighted by Crippen LogP contribution is -1.78. The summed E-state index contributed by atoms with van der Waals surface area (Å²) in [4.78, 5) is 7.58. The number of hydrogen-bond donors (Lipinski definition) is 1. The standard InChI is InChI=1S/C10H12N2/c1-3-9-5-8-6-11-7(2)4-10(8)12-9/h4-6,12H,3H2,1-2H3. The van der Waals surface area contributed by atoms with E-state index < -0.39 is 0 Å². The quantitative estimate of drug-likeness (QED) is 0.682. The van der Waals surface area contributed by atoms with E-state index in [-0.39, 0.29) is 0 Å². The van der Waals surface area contributed by atoms with Crippen molar-refractivity contribution in [2.45, 2.75) is 20.3 Å². The fourth-order valence-corrected chi connectivity index (χ4v) is 1.38. The lowest BCUT2D eigenvalue weighted by molar-refractivity contribution is 1.07. The summed E-state index contributed by atoms with van der Waals surface area (Å²) >= 11 is 0. The molecule has 0 spiro atoms. The van der Waals surface area contributed by atoms with Gasteiger partial charge in [-0.1, -0.05) is 6.92 Å². The number of nitrogens with one attached hydrogen (secondary N) is 1. The summed E-state index contributed by atoms with van der Waals surface area (Å²) in [5.41, 5.74) is 3.53. The van der Waals surface area contributed by atoms with Crippen molar-refractivity contribution in [3.63, 3.8) is 0 Å². The highest BCUT2D eigenvalue weighted by Gasteiger charge is 1.98. The van der Waals surface area contributed by atoms with Crippen LogP contribution in [0.2, 0.25) is 0 Å². The molecule has 0 aliphatic carbocycles. The largest absolute Gasteiger partial charge is 0.358 e. The van der Waals surface area contributed by atoms with E-state index in [1.165, 1.54) is 16.6 Å². The molecule has 0 aliphatic heterocycles. The van der Waals surface area contributed by atoms with Gasteiger partial charge in [0.1, 0.15) is 0 Å². The van der Waals surface area contributed by atoms with Gasteiger partial charge in [0.2, 0.25) is 0 Å². The third-order valence-electron chi connectivity index (χ3n) is 2.08. The molecule has 0 saturated carbocycles. The third kappa shape index (κ3) is 1.09. The normalized spacial score (nSPS) is 10.8. The Hall–Kier alpha value is -1.31. The van der Waals surface area contributed by atoms with E-state index in [9.17, 15) is 0 Å². The van der Waals surface area contributed by atoms with E-state index in [0.29, 0.717) is 0 Å². The number of aryl methyl sites for hydroxylation is 2. The van der Waals surface area contributed by atoms with Gasteiger partial charge in [0.15, 0.2) is 0 Å². The number of hydrogen-bond acceptors (Lipinski definition) is 1. The second-order valence-corrected chi connectivity index (χ2v) is 3.06. The minimum Gasteiger partial charge on any atom is -0.358 e. The van der Waals surface area contributed by atoms with E-state index in [0.717, 1.165) is 12.1 Å². The first-order valence-corrected chi connectivity index (χ1v) is 4.24. The van der Waals surface area contributed by atoms with Gasteiger partial charge in [-0.15, -0.1) is 0 Å². The number of fused-ring (bicyclic) bond motifs is 1. The van der Waals surface area contributed by atoms with E-state index in [2.05, 4.69) is 29.0 Å². The summed E-state index contributed by atoms with van der Waals surface area (Å²) in [5.74, 6) is 0. The van der Waals surface area contributed by atoms with Crippen molar-refractivity contribution in [2.24, 2.45) is 0 Å². The minimum atomic E-state index is 1.05. The molecule has 12 heavy (non-hydrogen) atoms. The van der Waals surface area contributed by atoms with Gasteiger partial charge < -0.3 is 4.98 Å². The Morgan fingerprint density at radius 1 is 1.42 bits per heavy atom. The van der Waals surface area contributed by atoms with Crippen molar-refractivity contribution in [3.8, 4) is 0 Å². The van der Waals surface area contributed by atoms with Crippen molar-refractivity contribution in [3.05, 3.63) is 29.7 Å². The van der Waals surface area contributed by atoms with Crippen molar-refractivity contribution in [1.82, 2.24) is 9.97 Å². The van der Waals surface area contributed by atoms with Gasteiger partial charge in [-0.05, 0) is 25.5 Å². The maximum absolute atomic E-state index is 4.23. The van der Waals surface area contributed by atoms with Gasteiger partial charge >= 0.3 is 0 Å². The highest BCUT2D eigenvalue weighted by Crippen LogP contribution is 2.14. The molecule has 0 bridgehead atoms. The predicted octanol–water partition coefficient (Wildman–Crippen LogP) is 2.43. The zero-order chi connectivity index (χ0) is 8.55. The first-order valence-electron chi connectivity index (χ1n) is 4.24. The topological polar surface area (TPSA) is 28.7 Å². The molecule has 0 atom stereocenters. The molecule has 0 radical (unpaired) electrons. The Labute approximate surface area is 71.6 Å². The molecule has 0 aliphatic rings. The summed E-state index contributed by atoms with van der Waals surface area (Å²) in [5, 5.41) is 1.21. The van der Waals surface area contributed by atoms with Gasteiger partial charge in [-0.25, -0.2) is 0 Å². The van der Waals surface area contributed by atoms with Crippen LogP contribution in [0.1, 0.15) is 18.3 Å². The fraction of sp³-hybridized carbons (Fsp3) is 0.300. The Balaban J connectivity index is 2.67. The summed E-state index contributed by atoms with van der Waals surface area (Å²) < 4.78 is 0. The van der Waals surface area contributed by atoms with Crippen molar-refractivity contribution >= 4 is 10.9 Å². The second-order valence-electron chi connectivity index (χ2n) is 3.06. The maximum Gasteiger partial charge on any atom is 0.0489 e. The molecule has 2 aromatic heterocycles. The Morgan fingerprint density at radius 2 is 2.25 bits per heavy atom. The van der Waals surface area contributed by atoms with Gasteiger partial charge in [-0.3, -0.25) is 4.98 Å². The summed E-state index contributed by atoms with van der Waals surface area (Å²) in [7, 11) is 0. The highest BCUT2D eigenvalue weighted by molar-refractivity contribution is 5.79. The number of nitrogens with zero attached hydrogens (tertiary/aromatic N) is 1. The zero-order valence-electron chi connectivity index (χ0n) is 7.39. The molecule has 0 amide bonds. The SMILES string of the molecule is CCc1cc2cnc(C)cc2[nH]1. The first-order chi connectivity index (χ1) is 5.79. The first kappa shape index (κ1) is 7.35. The molecule has 2 aromatic rings. The van der Waals surface area contributed by atoms with E-state index in [1.807, 2.05) is 13.1 Å². The van der Waals surface area contributed by atoms with Crippen LogP contribution < -0.4 is 0 Å². The van der Waals surface area contributed by atoms with Crippen LogP contribution >= 0.6 is 0 Å². The van der Waals surface area contributed by atoms with E-state index >= 15 is 0 Å². The number of aromatic nitrogens is 2. The average molecular weight is 160 g/mol. The summed E-state index contributed by atoms with van der Waals surface area (Å²) in [6, 6.07) is 4.23. The van der Waals surface area contributed by atoms with Gasteiger partial charge in [0.05, 0.1) is 0 Å². The lowest BCUT2D eigenvalue weighted by atomic mass is 10.3. The minimum absolute atomic E-state index is 1.05. The van der Waals surface area contributed by atoms with Gasteiger partial charge in [0.25, 0.3) is 0 Å². The van der Waals surface area contributed by atoms with Crippen LogP contribution in [0.15, 0.2) is 18.3 Å². The predicted molar refractivity (Wildman–Crippen MR) is 50.2 cm³/mol. The molecular formula is C10H12N2. The fourth-order valence-electron chi connectivity index (χ4n) is 1.38. The summed E-state index contributed by atoms with van der Waals surface area (Å²) in [6.45, 7) is 4.15. The second kappa shape index (κ2) is 2.63. The molecule has 2 nitrogen and oxygen atoms in total. The molecule has 2 heteroatoms. The Bertz CT molecular complexity index is 401. The molecule has 0 fully saturated rings. The van der Waals surface area contributed by atoms with Crippen molar-refractivity contribution in [2.75, 3.05) is 0 Å². The van der Waals surface area contributed by atoms with Crippen LogP contribution in [0.3, 0.4) is 0 Å².